The number of rotatable bonds is 13. The lowest BCUT2D eigenvalue weighted by atomic mass is 9.75. The molecule has 31 heavy (non-hydrogen) atoms. The van der Waals surface area contributed by atoms with Crippen molar-refractivity contribution < 1.29 is 0 Å². The Balaban J connectivity index is 1.29. The molecule has 0 aromatic carbocycles. The minimum Gasteiger partial charge on any atom is -0.241 e. The highest BCUT2D eigenvalue weighted by Gasteiger charge is 2.26. The summed E-state index contributed by atoms with van der Waals surface area (Å²) in [6.45, 7) is 4.61. The van der Waals surface area contributed by atoms with Gasteiger partial charge in [0.2, 0.25) is 0 Å². The quantitative estimate of drug-likeness (QED) is 0.294. The Hall–Kier alpha value is -0.920. The second kappa shape index (κ2) is 14.3. The predicted molar refractivity (Wildman–Crippen MR) is 133 cm³/mol. The number of nitrogens with zero attached hydrogens (tertiary/aromatic N) is 2. The van der Waals surface area contributed by atoms with Gasteiger partial charge in [0.05, 0.1) is 0 Å². The largest absolute Gasteiger partial charge is 0.241 e. The summed E-state index contributed by atoms with van der Waals surface area (Å²) in [5, 5.41) is 0. The highest BCUT2D eigenvalue weighted by atomic mass is 14.9. The summed E-state index contributed by atoms with van der Waals surface area (Å²) in [4.78, 5) is 9.56. The number of aromatic nitrogens is 2. The van der Waals surface area contributed by atoms with Crippen LogP contribution in [0.1, 0.15) is 147 Å². The molecule has 2 heteroatoms. The lowest BCUT2D eigenvalue weighted by molar-refractivity contribution is 0.222. The van der Waals surface area contributed by atoms with Crippen LogP contribution in [0.15, 0.2) is 12.4 Å². The van der Waals surface area contributed by atoms with E-state index in [1.807, 2.05) is 0 Å². The summed E-state index contributed by atoms with van der Waals surface area (Å²) in [7, 11) is 0. The maximum Gasteiger partial charge on any atom is 0.131 e. The van der Waals surface area contributed by atoms with Crippen LogP contribution in [-0.4, -0.2) is 9.97 Å². The highest BCUT2D eigenvalue weighted by Crippen LogP contribution is 2.39. The molecule has 176 valence electrons. The van der Waals surface area contributed by atoms with E-state index in [0.29, 0.717) is 5.92 Å². The zero-order chi connectivity index (χ0) is 21.7. The zero-order valence-corrected chi connectivity index (χ0v) is 20.8. The fourth-order valence-corrected chi connectivity index (χ4v) is 6.12. The fourth-order valence-electron chi connectivity index (χ4n) is 6.12. The van der Waals surface area contributed by atoms with Gasteiger partial charge in [0.1, 0.15) is 5.82 Å². The monoisotopic (exact) mass is 426 g/mol. The molecule has 2 saturated carbocycles. The van der Waals surface area contributed by atoms with Crippen LogP contribution >= 0.6 is 0 Å². The van der Waals surface area contributed by atoms with Crippen molar-refractivity contribution in [1.29, 1.82) is 0 Å². The van der Waals surface area contributed by atoms with E-state index in [1.165, 1.54) is 121 Å². The van der Waals surface area contributed by atoms with E-state index < -0.39 is 0 Å². The molecule has 2 aliphatic carbocycles. The van der Waals surface area contributed by atoms with Crippen LogP contribution in [0.2, 0.25) is 0 Å². The van der Waals surface area contributed by atoms with Gasteiger partial charge in [-0.15, -0.1) is 0 Å². The molecule has 1 aromatic heterocycles. The molecule has 2 aliphatic rings. The Bertz CT molecular complexity index is 565. The van der Waals surface area contributed by atoms with Crippen molar-refractivity contribution in [2.24, 2.45) is 17.8 Å². The topological polar surface area (TPSA) is 25.8 Å². The van der Waals surface area contributed by atoms with Crippen molar-refractivity contribution in [3.05, 3.63) is 23.8 Å². The molecule has 3 rings (SSSR count). The molecular weight excluding hydrogens is 376 g/mol. The number of aryl methyl sites for hydroxylation is 1. The summed E-state index contributed by atoms with van der Waals surface area (Å²) in [6.07, 6.45) is 30.9. The summed E-state index contributed by atoms with van der Waals surface area (Å²) >= 11 is 0. The van der Waals surface area contributed by atoms with Gasteiger partial charge in [-0.2, -0.15) is 0 Å². The van der Waals surface area contributed by atoms with Crippen LogP contribution in [-0.2, 0) is 6.42 Å². The first kappa shape index (κ1) is 24.7. The molecule has 0 N–H and O–H groups in total. The Labute approximate surface area is 193 Å². The van der Waals surface area contributed by atoms with Gasteiger partial charge in [-0.1, -0.05) is 97.3 Å². The third-order valence-corrected chi connectivity index (χ3v) is 8.42. The first-order valence-electron chi connectivity index (χ1n) is 14.1. The Morgan fingerprint density at radius 1 is 0.613 bits per heavy atom. The molecule has 0 aliphatic heterocycles. The Kier molecular flexibility index (Phi) is 11.4. The third-order valence-electron chi connectivity index (χ3n) is 8.42. The molecular formula is C29H50N2. The van der Waals surface area contributed by atoms with Gasteiger partial charge in [-0.25, -0.2) is 9.97 Å². The first-order chi connectivity index (χ1) is 15.3. The maximum atomic E-state index is 4.78. The maximum absolute atomic E-state index is 4.78. The third kappa shape index (κ3) is 8.85. The van der Waals surface area contributed by atoms with Crippen molar-refractivity contribution in [3.63, 3.8) is 0 Å². The van der Waals surface area contributed by atoms with Gasteiger partial charge in [-0.05, 0) is 61.8 Å². The molecule has 2 nitrogen and oxygen atoms in total. The molecule has 0 radical (unpaired) electrons. The normalized spacial score (nSPS) is 26.8. The van der Waals surface area contributed by atoms with Crippen molar-refractivity contribution in [1.82, 2.24) is 9.97 Å². The zero-order valence-electron chi connectivity index (χ0n) is 20.8. The summed E-state index contributed by atoms with van der Waals surface area (Å²) in [6, 6.07) is 0. The van der Waals surface area contributed by atoms with Gasteiger partial charge < -0.3 is 0 Å². The lowest BCUT2D eigenvalue weighted by Gasteiger charge is -2.31. The van der Waals surface area contributed by atoms with Crippen molar-refractivity contribution >= 4 is 0 Å². The molecule has 0 unspecified atom stereocenters. The standard InChI is InChI=1S/C29H50N2/c1-3-5-7-8-9-11-27-22-30-29(31-23-27)28-20-18-26(19-21-28)17-16-25-14-12-24(13-15-25)10-6-4-2/h22-26,28H,3-21H2,1-2H3/t24-,25-,26?,28?. The molecule has 1 heterocycles. The van der Waals surface area contributed by atoms with Crippen molar-refractivity contribution in [2.45, 2.75) is 142 Å². The van der Waals surface area contributed by atoms with Crippen molar-refractivity contribution in [3.8, 4) is 0 Å². The Morgan fingerprint density at radius 3 is 1.71 bits per heavy atom. The van der Waals surface area contributed by atoms with E-state index >= 15 is 0 Å². The van der Waals surface area contributed by atoms with E-state index in [4.69, 9.17) is 9.97 Å². The van der Waals surface area contributed by atoms with Gasteiger partial charge in [0, 0.05) is 18.3 Å². The van der Waals surface area contributed by atoms with Crippen LogP contribution in [0.25, 0.3) is 0 Å². The highest BCUT2D eigenvalue weighted by molar-refractivity contribution is 5.08. The smallest absolute Gasteiger partial charge is 0.131 e. The van der Waals surface area contributed by atoms with Gasteiger partial charge in [-0.3, -0.25) is 0 Å². The number of unbranched alkanes of at least 4 members (excludes halogenated alkanes) is 5. The van der Waals surface area contributed by atoms with E-state index in [0.717, 1.165) is 30.0 Å². The second-order valence-electron chi connectivity index (χ2n) is 10.9. The van der Waals surface area contributed by atoms with Crippen LogP contribution < -0.4 is 0 Å². The van der Waals surface area contributed by atoms with Gasteiger partial charge in [0.15, 0.2) is 0 Å². The van der Waals surface area contributed by atoms with E-state index in [1.54, 1.807) is 0 Å². The van der Waals surface area contributed by atoms with Crippen LogP contribution in [0.5, 0.6) is 0 Å². The lowest BCUT2D eigenvalue weighted by Crippen LogP contribution is -2.18. The molecule has 0 spiro atoms. The van der Waals surface area contributed by atoms with Gasteiger partial charge >= 0.3 is 0 Å². The number of hydrogen-bond donors (Lipinski definition) is 0. The average Bonchev–Trinajstić information content (AvgIpc) is 2.83. The second-order valence-corrected chi connectivity index (χ2v) is 10.9. The van der Waals surface area contributed by atoms with Crippen LogP contribution in [0, 0.1) is 17.8 Å². The molecule has 0 saturated heterocycles. The minimum absolute atomic E-state index is 0.615. The van der Waals surface area contributed by atoms with E-state index in [9.17, 15) is 0 Å². The first-order valence-corrected chi connectivity index (χ1v) is 14.1. The summed E-state index contributed by atoms with van der Waals surface area (Å²) < 4.78 is 0. The van der Waals surface area contributed by atoms with E-state index in [2.05, 4.69) is 26.2 Å². The molecule has 0 amide bonds. The van der Waals surface area contributed by atoms with Gasteiger partial charge in [0.25, 0.3) is 0 Å². The molecule has 1 aromatic rings. The molecule has 0 atom stereocenters. The Morgan fingerprint density at radius 2 is 1.13 bits per heavy atom. The fraction of sp³-hybridized carbons (Fsp3) is 0.862. The molecule has 2 fully saturated rings. The van der Waals surface area contributed by atoms with Crippen LogP contribution in [0.3, 0.4) is 0 Å². The van der Waals surface area contributed by atoms with Crippen LogP contribution in [0.4, 0.5) is 0 Å². The minimum atomic E-state index is 0.615. The summed E-state index contributed by atoms with van der Waals surface area (Å²) in [5.74, 6) is 4.80. The summed E-state index contributed by atoms with van der Waals surface area (Å²) in [5.41, 5.74) is 1.33. The predicted octanol–water partition coefficient (Wildman–Crippen LogP) is 9.04. The molecule has 0 bridgehead atoms. The van der Waals surface area contributed by atoms with Crippen molar-refractivity contribution in [2.75, 3.05) is 0 Å². The average molecular weight is 427 g/mol. The number of hydrogen-bond acceptors (Lipinski definition) is 2. The van der Waals surface area contributed by atoms with E-state index in [-0.39, 0.29) is 0 Å². The SMILES string of the molecule is CCCCCCCc1cnc(C2CCC(CC[C@H]3CC[C@H](CCCC)CC3)CC2)nc1.